The lowest BCUT2D eigenvalue weighted by molar-refractivity contribution is 0.993. The van der Waals surface area contributed by atoms with Gasteiger partial charge in [0.2, 0.25) is 0 Å². The summed E-state index contributed by atoms with van der Waals surface area (Å²) in [6, 6.07) is 2.21. The minimum atomic E-state index is -0.0457. The van der Waals surface area contributed by atoms with Crippen molar-refractivity contribution in [3.05, 3.63) is 34.2 Å². The predicted molar refractivity (Wildman–Crippen MR) is 75.7 cm³/mol. The Kier molecular flexibility index (Phi) is 2.76. The van der Waals surface area contributed by atoms with Crippen LogP contribution in [0.1, 0.15) is 6.92 Å². The number of hydrogen-bond donors (Lipinski definition) is 0. The number of nitriles is 1. The molecule has 0 radical (unpaired) electrons. The summed E-state index contributed by atoms with van der Waals surface area (Å²) in [4.78, 5) is 17.1. The SMILES string of the molecule is C/C(C#N)=C1\C2=C(N=CCN=C2)C2=CC1C=NC=N2. The van der Waals surface area contributed by atoms with E-state index in [1.807, 2.05) is 6.08 Å². The topological polar surface area (TPSA) is 73.2 Å². The van der Waals surface area contributed by atoms with Crippen LogP contribution in [0, 0.1) is 17.2 Å². The molecule has 3 aliphatic rings. The summed E-state index contributed by atoms with van der Waals surface area (Å²) < 4.78 is 0. The Bertz CT molecular complexity index is 677. The monoisotopic (exact) mass is 249 g/mol. The molecule has 92 valence electrons. The molecule has 0 saturated heterocycles. The number of fused-ring (bicyclic) bond motifs is 2. The Labute approximate surface area is 110 Å². The minimum absolute atomic E-state index is 0.0457. The van der Waals surface area contributed by atoms with Crippen molar-refractivity contribution in [3.8, 4) is 6.07 Å². The van der Waals surface area contributed by atoms with Gasteiger partial charge in [0, 0.05) is 35.7 Å². The van der Waals surface area contributed by atoms with Crippen molar-refractivity contribution in [2.45, 2.75) is 6.92 Å². The third kappa shape index (κ3) is 1.87. The third-order valence-corrected chi connectivity index (χ3v) is 3.17. The van der Waals surface area contributed by atoms with Gasteiger partial charge in [-0.15, -0.1) is 0 Å². The lowest BCUT2D eigenvalue weighted by Crippen LogP contribution is -2.15. The smallest absolute Gasteiger partial charge is 0.115 e. The Morgan fingerprint density at radius 3 is 3.16 bits per heavy atom. The lowest BCUT2D eigenvalue weighted by Gasteiger charge is -2.21. The van der Waals surface area contributed by atoms with E-state index in [1.165, 1.54) is 6.34 Å². The minimum Gasteiger partial charge on any atom is -0.287 e. The Balaban J connectivity index is 2.30. The highest BCUT2D eigenvalue weighted by Gasteiger charge is 2.28. The molecule has 0 saturated carbocycles. The van der Waals surface area contributed by atoms with Gasteiger partial charge in [0.25, 0.3) is 0 Å². The molecule has 0 aromatic heterocycles. The van der Waals surface area contributed by atoms with Gasteiger partial charge in [0.15, 0.2) is 0 Å². The number of rotatable bonds is 0. The van der Waals surface area contributed by atoms with Crippen molar-refractivity contribution < 1.29 is 0 Å². The van der Waals surface area contributed by atoms with E-state index in [9.17, 15) is 5.26 Å². The van der Waals surface area contributed by atoms with Gasteiger partial charge < -0.3 is 0 Å². The highest BCUT2D eigenvalue weighted by Crippen LogP contribution is 2.36. The van der Waals surface area contributed by atoms with E-state index in [2.05, 4.69) is 26.0 Å². The zero-order chi connectivity index (χ0) is 13.2. The van der Waals surface area contributed by atoms with Gasteiger partial charge in [-0.05, 0) is 18.6 Å². The molecular formula is C14H11N5. The first-order valence-electron chi connectivity index (χ1n) is 5.97. The van der Waals surface area contributed by atoms with Gasteiger partial charge in [0.05, 0.1) is 24.0 Å². The van der Waals surface area contributed by atoms with E-state index >= 15 is 0 Å². The maximum Gasteiger partial charge on any atom is 0.115 e. The first-order chi connectivity index (χ1) is 9.31. The van der Waals surface area contributed by atoms with E-state index in [-0.39, 0.29) is 5.92 Å². The van der Waals surface area contributed by atoms with Crippen LogP contribution in [-0.4, -0.2) is 31.5 Å². The quantitative estimate of drug-likeness (QED) is 0.604. The van der Waals surface area contributed by atoms with Crippen LogP contribution in [0.15, 0.2) is 54.2 Å². The van der Waals surface area contributed by atoms with Crippen molar-refractivity contribution in [1.29, 1.82) is 5.26 Å². The van der Waals surface area contributed by atoms with Gasteiger partial charge in [-0.25, -0.2) is 9.98 Å². The van der Waals surface area contributed by atoms with Crippen LogP contribution in [0.4, 0.5) is 0 Å². The van der Waals surface area contributed by atoms with Crippen molar-refractivity contribution in [3.63, 3.8) is 0 Å². The summed E-state index contributed by atoms with van der Waals surface area (Å²) in [7, 11) is 0. The highest BCUT2D eigenvalue weighted by atomic mass is 14.9. The summed E-state index contributed by atoms with van der Waals surface area (Å²) in [5.74, 6) is -0.0457. The number of aliphatic imine (C=N–C) groups is 4. The second-order valence-electron chi connectivity index (χ2n) is 4.34. The molecule has 1 unspecified atom stereocenters. The normalized spacial score (nSPS) is 26.3. The average Bonchev–Trinajstić information content (AvgIpc) is 2.78. The summed E-state index contributed by atoms with van der Waals surface area (Å²) >= 11 is 0. The van der Waals surface area contributed by atoms with E-state index < -0.39 is 0 Å². The standard InChI is InChI=1S/C14H11N5/c1-9(5-15)13-10-4-12(19-8-17-6-10)14-11(13)7-16-2-3-18-14/h3-4,6-8,10H,2H2,1H3/b13-9+. The zero-order valence-corrected chi connectivity index (χ0v) is 10.4. The number of allylic oxidation sites excluding steroid dienone is 4. The van der Waals surface area contributed by atoms with E-state index in [0.717, 1.165) is 22.5 Å². The average molecular weight is 249 g/mol. The van der Waals surface area contributed by atoms with Gasteiger partial charge >= 0.3 is 0 Å². The van der Waals surface area contributed by atoms with Gasteiger partial charge in [-0.2, -0.15) is 5.26 Å². The van der Waals surface area contributed by atoms with Gasteiger partial charge in [0.1, 0.15) is 6.34 Å². The summed E-state index contributed by atoms with van der Waals surface area (Å²) in [5, 5.41) is 9.21. The molecule has 0 spiro atoms. The first kappa shape index (κ1) is 11.5. The maximum absolute atomic E-state index is 9.21. The number of nitrogens with zero attached hydrogens (tertiary/aromatic N) is 5. The Morgan fingerprint density at radius 1 is 1.42 bits per heavy atom. The van der Waals surface area contributed by atoms with E-state index in [4.69, 9.17) is 0 Å². The van der Waals surface area contributed by atoms with Crippen LogP contribution < -0.4 is 0 Å². The molecule has 5 nitrogen and oxygen atoms in total. The van der Waals surface area contributed by atoms with Crippen molar-refractivity contribution in [1.82, 2.24) is 0 Å². The van der Waals surface area contributed by atoms with E-state index in [0.29, 0.717) is 12.1 Å². The van der Waals surface area contributed by atoms with Crippen molar-refractivity contribution in [2.24, 2.45) is 25.9 Å². The van der Waals surface area contributed by atoms with Gasteiger partial charge in [-0.3, -0.25) is 9.98 Å². The zero-order valence-electron chi connectivity index (χ0n) is 10.4. The lowest BCUT2D eigenvalue weighted by atomic mass is 9.83. The fourth-order valence-corrected chi connectivity index (χ4v) is 2.33. The molecule has 3 rings (SSSR count). The second-order valence-corrected chi connectivity index (χ2v) is 4.34. The molecular weight excluding hydrogens is 238 g/mol. The highest BCUT2D eigenvalue weighted by molar-refractivity contribution is 5.95. The van der Waals surface area contributed by atoms with Gasteiger partial charge in [-0.1, -0.05) is 0 Å². The van der Waals surface area contributed by atoms with Crippen molar-refractivity contribution >= 4 is 25.0 Å². The fraction of sp³-hybridized carbons (Fsp3) is 0.214. The molecule has 0 aromatic rings. The second kappa shape index (κ2) is 4.58. The summed E-state index contributed by atoms with van der Waals surface area (Å²) in [6.07, 6.45) is 8.82. The molecule has 0 N–H and O–H groups in total. The molecule has 1 aliphatic carbocycles. The summed E-state index contributed by atoms with van der Waals surface area (Å²) in [5.41, 5.74) is 4.00. The molecule has 2 heterocycles. The fourth-order valence-electron chi connectivity index (χ4n) is 2.33. The third-order valence-electron chi connectivity index (χ3n) is 3.17. The number of hydrogen-bond acceptors (Lipinski definition) is 5. The van der Waals surface area contributed by atoms with Crippen LogP contribution in [0.5, 0.6) is 0 Å². The Morgan fingerprint density at radius 2 is 2.32 bits per heavy atom. The maximum atomic E-state index is 9.21. The Hall–Kier alpha value is -2.61. The van der Waals surface area contributed by atoms with E-state index in [1.54, 1.807) is 25.6 Å². The van der Waals surface area contributed by atoms with Crippen LogP contribution in [0.25, 0.3) is 0 Å². The molecule has 0 amide bonds. The van der Waals surface area contributed by atoms with Crippen LogP contribution >= 0.6 is 0 Å². The summed E-state index contributed by atoms with van der Waals surface area (Å²) in [6.45, 7) is 2.35. The van der Waals surface area contributed by atoms with Crippen LogP contribution in [0.3, 0.4) is 0 Å². The van der Waals surface area contributed by atoms with Crippen LogP contribution in [-0.2, 0) is 0 Å². The molecule has 2 bridgehead atoms. The molecule has 0 aromatic carbocycles. The molecule has 5 heteroatoms. The molecule has 2 aliphatic heterocycles. The predicted octanol–water partition coefficient (Wildman–Crippen LogP) is 1.86. The van der Waals surface area contributed by atoms with Crippen LogP contribution in [0.2, 0.25) is 0 Å². The van der Waals surface area contributed by atoms with Crippen molar-refractivity contribution in [2.75, 3.05) is 6.54 Å². The molecule has 1 atom stereocenters. The largest absolute Gasteiger partial charge is 0.287 e. The molecule has 0 fully saturated rings. The molecule has 19 heavy (non-hydrogen) atoms. The first-order valence-corrected chi connectivity index (χ1v) is 5.97.